The van der Waals surface area contributed by atoms with Gasteiger partial charge in [-0.1, -0.05) is 296 Å². The van der Waals surface area contributed by atoms with Crippen LogP contribution < -0.4 is 0 Å². The first-order chi connectivity index (χ1) is 27.8. The highest BCUT2D eigenvalue weighted by atomic mass is 16.5. The van der Waals surface area contributed by atoms with Gasteiger partial charge in [0.25, 0.3) is 0 Å². The van der Waals surface area contributed by atoms with Crippen LogP contribution in [0.15, 0.2) is 0 Å². The zero-order valence-electron chi connectivity index (χ0n) is 38.8. The van der Waals surface area contributed by atoms with Crippen LogP contribution in [0.4, 0.5) is 0 Å². The molecular formula is C53H106O3. The molecule has 56 heavy (non-hydrogen) atoms. The van der Waals surface area contributed by atoms with E-state index < -0.39 is 5.97 Å². The first-order valence-electron chi connectivity index (χ1n) is 26.6. The van der Waals surface area contributed by atoms with Crippen molar-refractivity contribution in [2.45, 2.75) is 322 Å². The molecule has 3 nitrogen and oxygen atoms in total. The van der Waals surface area contributed by atoms with Crippen molar-refractivity contribution in [3.05, 3.63) is 0 Å². The first kappa shape index (κ1) is 55.4. The maximum atomic E-state index is 10.5. The van der Waals surface area contributed by atoms with Crippen molar-refractivity contribution in [1.82, 2.24) is 0 Å². The van der Waals surface area contributed by atoms with Crippen molar-refractivity contribution < 1.29 is 14.6 Å². The molecule has 3 heteroatoms. The summed E-state index contributed by atoms with van der Waals surface area (Å²) in [5.41, 5.74) is 0. The molecule has 0 aromatic carbocycles. The summed E-state index contributed by atoms with van der Waals surface area (Å²) in [5, 5.41) is 8.66. The number of hydrogen-bond acceptors (Lipinski definition) is 2. The molecule has 0 unspecified atom stereocenters. The van der Waals surface area contributed by atoms with Crippen LogP contribution >= 0.6 is 0 Å². The fraction of sp³-hybridized carbons (Fsp3) is 0.981. The minimum atomic E-state index is -0.649. The van der Waals surface area contributed by atoms with Crippen LogP contribution in [0.3, 0.4) is 0 Å². The molecule has 0 rings (SSSR count). The number of hydrogen-bond donors (Lipinski definition) is 1. The zero-order chi connectivity index (χ0) is 40.3. The monoisotopic (exact) mass is 791 g/mol. The first-order valence-corrected chi connectivity index (χ1v) is 26.6. The summed E-state index contributed by atoms with van der Waals surface area (Å²) in [6.07, 6.45) is 67.9. The molecule has 0 bridgehead atoms. The molecule has 0 saturated heterocycles. The van der Waals surface area contributed by atoms with Crippen molar-refractivity contribution >= 4 is 5.97 Å². The number of ether oxygens (including phenoxy) is 1. The summed E-state index contributed by atoms with van der Waals surface area (Å²) in [7, 11) is 0. The Morgan fingerprint density at radius 3 is 0.607 bits per heavy atom. The van der Waals surface area contributed by atoms with Gasteiger partial charge in [-0.25, -0.2) is 0 Å². The SMILES string of the molecule is CCCCCCCCCCCCCCCCCCCCCCCCCCCCCCOCCCCCCCCCCCCCCCCCCCCCCC(=O)O. The molecule has 0 fully saturated rings. The van der Waals surface area contributed by atoms with E-state index in [0.717, 1.165) is 26.1 Å². The van der Waals surface area contributed by atoms with E-state index in [1.165, 1.54) is 295 Å². The molecule has 0 aromatic heterocycles. The molecule has 336 valence electrons. The van der Waals surface area contributed by atoms with Crippen LogP contribution in [-0.4, -0.2) is 24.3 Å². The van der Waals surface area contributed by atoms with E-state index >= 15 is 0 Å². The van der Waals surface area contributed by atoms with E-state index in [1.54, 1.807) is 0 Å². The summed E-state index contributed by atoms with van der Waals surface area (Å²) in [6.45, 7) is 4.27. The Labute approximate surface area is 354 Å². The minimum absolute atomic E-state index is 0.343. The second-order valence-corrected chi connectivity index (χ2v) is 18.4. The van der Waals surface area contributed by atoms with Gasteiger partial charge in [-0.3, -0.25) is 4.79 Å². The highest BCUT2D eigenvalue weighted by molar-refractivity contribution is 5.66. The Balaban J connectivity index is 3.06. The topological polar surface area (TPSA) is 46.5 Å². The van der Waals surface area contributed by atoms with Gasteiger partial charge in [0.1, 0.15) is 0 Å². The van der Waals surface area contributed by atoms with Crippen molar-refractivity contribution in [3.8, 4) is 0 Å². The molecule has 0 aromatic rings. The predicted molar refractivity (Wildman–Crippen MR) is 250 cm³/mol. The Hall–Kier alpha value is -0.570. The number of carboxylic acid groups (broad SMARTS) is 1. The number of carboxylic acids is 1. The van der Waals surface area contributed by atoms with Crippen molar-refractivity contribution in [2.75, 3.05) is 13.2 Å². The van der Waals surface area contributed by atoms with Crippen molar-refractivity contribution in [3.63, 3.8) is 0 Å². The average Bonchev–Trinajstić information content (AvgIpc) is 3.20. The van der Waals surface area contributed by atoms with Gasteiger partial charge in [-0.05, 0) is 19.3 Å². The standard InChI is InChI=1S/C53H106O3/c1-2-3-4-5-6-7-8-9-10-11-12-13-14-15-16-17-18-19-21-24-27-30-33-36-39-42-45-48-51-56-52-49-46-43-40-37-34-31-28-25-22-20-23-26-29-32-35-38-41-44-47-50-53(54)55/h2-52H2,1H3,(H,54,55). The maximum Gasteiger partial charge on any atom is 0.303 e. The van der Waals surface area contributed by atoms with Gasteiger partial charge in [0, 0.05) is 19.6 Å². The highest BCUT2D eigenvalue weighted by Crippen LogP contribution is 2.18. The van der Waals surface area contributed by atoms with Crippen LogP contribution in [0.25, 0.3) is 0 Å². The second kappa shape index (κ2) is 52.4. The van der Waals surface area contributed by atoms with Crippen molar-refractivity contribution in [2.24, 2.45) is 0 Å². The van der Waals surface area contributed by atoms with Crippen LogP contribution in [0.1, 0.15) is 322 Å². The van der Waals surface area contributed by atoms with Crippen LogP contribution in [0.5, 0.6) is 0 Å². The maximum absolute atomic E-state index is 10.5. The summed E-state index contributed by atoms with van der Waals surface area (Å²) < 4.78 is 5.92. The van der Waals surface area contributed by atoms with Gasteiger partial charge in [-0.15, -0.1) is 0 Å². The van der Waals surface area contributed by atoms with Crippen LogP contribution in [0.2, 0.25) is 0 Å². The zero-order valence-corrected chi connectivity index (χ0v) is 38.8. The van der Waals surface area contributed by atoms with E-state index in [-0.39, 0.29) is 0 Å². The van der Waals surface area contributed by atoms with Gasteiger partial charge >= 0.3 is 5.97 Å². The molecule has 0 saturated carbocycles. The van der Waals surface area contributed by atoms with Gasteiger partial charge in [0.2, 0.25) is 0 Å². The van der Waals surface area contributed by atoms with E-state index in [4.69, 9.17) is 9.84 Å². The summed E-state index contributed by atoms with van der Waals surface area (Å²) in [6, 6.07) is 0. The number of aliphatic carboxylic acids is 1. The highest BCUT2D eigenvalue weighted by Gasteiger charge is 2.00. The molecule has 0 atom stereocenters. The Kier molecular flexibility index (Phi) is 51.9. The minimum Gasteiger partial charge on any atom is -0.481 e. The third-order valence-corrected chi connectivity index (χ3v) is 12.6. The van der Waals surface area contributed by atoms with E-state index in [0.29, 0.717) is 6.42 Å². The lowest BCUT2D eigenvalue weighted by Crippen LogP contribution is -1.97. The second-order valence-electron chi connectivity index (χ2n) is 18.4. The smallest absolute Gasteiger partial charge is 0.303 e. The lowest BCUT2D eigenvalue weighted by molar-refractivity contribution is -0.137. The Morgan fingerprint density at radius 1 is 0.268 bits per heavy atom. The number of unbranched alkanes of at least 4 members (excludes halogenated alkanes) is 46. The third-order valence-electron chi connectivity index (χ3n) is 12.6. The molecule has 0 aliphatic heterocycles. The van der Waals surface area contributed by atoms with Crippen LogP contribution in [-0.2, 0) is 9.53 Å². The summed E-state index contributed by atoms with van der Waals surface area (Å²) in [4.78, 5) is 10.5. The number of rotatable bonds is 52. The molecule has 0 spiro atoms. The fourth-order valence-corrected chi connectivity index (χ4v) is 8.64. The van der Waals surface area contributed by atoms with Gasteiger partial charge in [-0.2, -0.15) is 0 Å². The Morgan fingerprint density at radius 2 is 0.429 bits per heavy atom. The lowest BCUT2D eigenvalue weighted by atomic mass is 10.0. The summed E-state index contributed by atoms with van der Waals surface area (Å²) >= 11 is 0. The fourth-order valence-electron chi connectivity index (χ4n) is 8.64. The van der Waals surface area contributed by atoms with Gasteiger partial charge < -0.3 is 9.84 Å². The van der Waals surface area contributed by atoms with E-state index in [1.807, 2.05) is 0 Å². The predicted octanol–water partition coefficient (Wildman–Crippen LogP) is 19.2. The van der Waals surface area contributed by atoms with Crippen LogP contribution in [0, 0.1) is 0 Å². The van der Waals surface area contributed by atoms with Crippen molar-refractivity contribution in [1.29, 1.82) is 0 Å². The molecule has 0 radical (unpaired) electrons. The molecule has 0 aliphatic carbocycles. The third kappa shape index (κ3) is 53.4. The normalized spacial score (nSPS) is 11.6. The molecule has 0 aliphatic rings. The van der Waals surface area contributed by atoms with Gasteiger partial charge in [0.15, 0.2) is 0 Å². The quantitative estimate of drug-likeness (QED) is 0.0624. The largest absolute Gasteiger partial charge is 0.481 e. The summed E-state index contributed by atoms with van der Waals surface area (Å²) in [5.74, 6) is -0.649. The molecule has 0 amide bonds. The van der Waals surface area contributed by atoms with E-state index in [2.05, 4.69) is 6.92 Å². The van der Waals surface area contributed by atoms with Gasteiger partial charge in [0.05, 0.1) is 0 Å². The van der Waals surface area contributed by atoms with E-state index in [9.17, 15) is 4.79 Å². The molecule has 1 N–H and O–H groups in total. The molecule has 0 heterocycles. The average molecular weight is 791 g/mol. The Bertz CT molecular complexity index is 692. The number of carbonyl (C=O) groups is 1. The lowest BCUT2D eigenvalue weighted by Gasteiger charge is -2.06. The molecular weight excluding hydrogens is 685 g/mol.